The number of carbonyl (C=O) groups is 2. The summed E-state index contributed by atoms with van der Waals surface area (Å²) in [5.41, 5.74) is 0.495. The Morgan fingerprint density at radius 3 is 2.33 bits per heavy atom. The Morgan fingerprint density at radius 1 is 1.20 bits per heavy atom. The molecule has 0 unspecified atom stereocenters. The van der Waals surface area contributed by atoms with Crippen molar-refractivity contribution in [2.75, 3.05) is 0 Å². The van der Waals surface area contributed by atoms with Crippen molar-refractivity contribution in [3.8, 4) is 0 Å². The van der Waals surface area contributed by atoms with Crippen LogP contribution in [0.4, 0.5) is 0 Å². The Kier molecular flexibility index (Phi) is 2.13. The Hall–Kier alpha value is -2.30. The summed E-state index contributed by atoms with van der Waals surface area (Å²) < 4.78 is 0. The quantitative estimate of drug-likeness (QED) is 0.738. The number of hydrogen-bond donors (Lipinski definition) is 1. The second-order valence-corrected chi connectivity index (χ2v) is 2.87. The zero-order chi connectivity index (χ0) is 10.8. The molecule has 0 aliphatic carbocycles. The zero-order valence-corrected chi connectivity index (χ0v) is 7.54. The highest BCUT2D eigenvalue weighted by Crippen LogP contribution is 2.11. The summed E-state index contributed by atoms with van der Waals surface area (Å²) in [7, 11) is 0. The summed E-state index contributed by atoms with van der Waals surface area (Å²) in [5.74, 6) is -1.25. The van der Waals surface area contributed by atoms with Crippen molar-refractivity contribution in [1.82, 2.24) is 9.97 Å². The van der Waals surface area contributed by atoms with Crippen molar-refractivity contribution in [2.45, 2.75) is 0 Å². The molecule has 0 bridgehead atoms. The second-order valence-electron chi connectivity index (χ2n) is 2.87. The average molecular weight is 202 g/mol. The minimum atomic E-state index is -1.25. The normalized spacial score (nSPS) is 10.1. The Balaban J connectivity index is 2.80. The van der Waals surface area contributed by atoms with Gasteiger partial charge in [0.25, 0.3) is 0 Å². The van der Waals surface area contributed by atoms with E-state index in [-0.39, 0.29) is 11.4 Å². The van der Waals surface area contributed by atoms with E-state index in [1.807, 2.05) is 0 Å². The molecule has 15 heavy (non-hydrogen) atoms. The number of para-hydroxylation sites is 2. The molecule has 2 rings (SSSR count). The van der Waals surface area contributed by atoms with Crippen LogP contribution < -0.4 is 0 Å². The van der Waals surface area contributed by atoms with E-state index in [0.717, 1.165) is 0 Å². The van der Waals surface area contributed by atoms with Crippen LogP contribution in [0.2, 0.25) is 0 Å². The standard InChI is InChI=1S/C10H6N2O3/c13-5-8-9(10(14)15)12-7-4-2-1-3-6(7)11-8/h1-5H,(H,14,15). The van der Waals surface area contributed by atoms with Gasteiger partial charge in [0.15, 0.2) is 12.0 Å². The summed E-state index contributed by atoms with van der Waals surface area (Å²) in [5, 5.41) is 8.79. The van der Waals surface area contributed by atoms with Gasteiger partial charge in [-0.15, -0.1) is 0 Å². The maximum absolute atomic E-state index is 10.8. The van der Waals surface area contributed by atoms with Gasteiger partial charge in [-0.3, -0.25) is 4.79 Å². The molecule has 0 fully saturated rings. The molecule has 74 valence electrons. The number of aromatic carboxylic acids is 1. The molecular weight excluding hydrogens is 196 g/mol. The van der Waals surface area contributed by atoms with E-state index in [1.54, 1.807) is 24.3 Å². The van der Waals surface area contributed by atoms with Crippen LogP contribution in [0.3, 0.4) is 0 Å². The molecule has 5 nitrogen and oxygen atoms in total. The summed E-state index contributed by atoms with van der Waals surface area (Å²) in [6.45, 7) is 0. The Morgan fingerprint density at radius 2 is 1.80 bits per heavy atom. The van der Waals surface area contributed by atoms with E-state index in [2.05, 4.69) is 9.97 Å². The maximum atomic E-state index is 10.8. The number of carboxylic acids is 1. The van der Waals surface area contributed by atoms with Crippen LogP contribution in [-0.2, 0) is 0 Å². The molecule has 0 atom stereocenters. The maximum Gasteiger partial charge on any atom is 0.356 e. The molecule has 1 aromatic heterocycles. The average Bonchev–Trinajstić information content (AvgIpc) is 2.27. The molecule has 0 saturated carbocycles. The lowest BCUT2D eigenvalue weighted by Crippen LogP contribution is -2.07. The van der Waals surface area contributed by atoms with Gasteiger partial charge >= 0.3 is 5.97 Å². The van der Waals surface area contributed by atoms with Crippen molar-refractivity contribution in [2.24, 2.45) is 0 Å². The van der Waals surface area contributed by atoms with Crippen LogP contribution in [0, 0.1) is 0 Å². The Labute approximate surface area is 84.4 Å². The van der Waals surface area contributed by atoms with Crippen LogP contribution in [-0.4, -0.2) is 27.3 Å². The second kappa shape index (κ2) is 3.45. The third kappa shape index (κ3) is 1.54. The predicted octanol–water partition coefficient (Wildman–Crippen LogP) is 1.14. The molecule has 2 aromatic rings. The first-order valence-electron chi connectivity index (χ1n) is 4.17. The first-order valence-corrected chi connectivity index (χ1v) is 4.17. The van der Waals surface area contributed by atoms with E-state index < -0.39 is 5.97 Å². The van der Waals surface area contributed by atoms with Crippen molar-refractivity contribution in [3.05, 3.63) is 35.7 Å². The third-order valence-electron chi connectivity index (χ3n) is 1.91. The van der Waals surface area contributed by atoms with Gasteiger partial charge in [0.1, 0.15) is 5.69 Å². The highest BCUT2D eigenvalue weighted by Gasteiger charge is 2.14. The number of rotatable bonds is 2. The molecule has 1 heterocycles. The lowest BCUT2D eigenvalue weighted by molar-refractivity contribution is 0.0687. The number of hydrogen-bond acceptors (Lipinski definition) is 4. The molecule has 0 radical (unpaired) electrons. The van der Waals surface area contributed by atoms with E-state index in [9.17, 15) is 9.59 Å². The minimum absolute atomic E-state index is 0.152. The molecule has 0 aliphatic rings. The molecule has 0 amide bonds. The molecular formula is C10H6N2O3. The lowest BCUT2D eigenvalue weighted by atomic mass is 10.2. The molecule has 1 aromatic carbocycles. The van der Waals surface area contributed by atoms with Gasteiger partial charge in [0.2, 0.25) is 0 Å². The number of carboxylic acid groups (broad SMARTS) is 1. The van der Waals surface area contributed by atoms with Crippen molar-refractivity contribution in [1.29, 1.82) is 0 Å². The first kappa shape index (κ1) is 9.26. The van der Waals surface area contributed by atoms with Crippen LogP contribution >= 0.6 is 0 Å². The summed E-state index contributed by atoms with van der Waals surface area (Å²) in [4.78, 5) is 29.1. The largest absolute Gasteiger partial charge is 0.476 e. The highest BCUT2D eigenvalue weighted by molar-refractivity contribution is 5.96. The van der Waals surface area contributed by atoms with E-state index in [4.69, 9.17) is 5.11 Å². The minimum Gasteiger partial charge on any atom is -0.476 e. The topological polar surface area (TPSA) is 80.2 Å². The van der Waals surface area contributed by atoms with Gasteiger partial charge in [-0.25, -0.2) is 14.8 Å². The van der Waals surface area contributed by atoms with E-state index >= 15 is 0 Å². The fourth-order valence-corrected chi connectivity index (χ4v) is 1.25. The molecule has 0 spiro atoms. The number of nitrogens with zero attached hydrogens (tertiary/aromatic N) is 2. The summed E-state index contributed by atoms with van der Waals surface area (Å²) in [6, 6.07) is 6.78. The molecule has 0 saturated heterocycles. The van der Waals surface area contributed by atoms with Crippen LogP contribution in [0.25, 0.3) is 11.0 Å². The van der Waals surface area contributed by atoms with E-state index in [1.165, 1.54) is 0 Å². The fourth-order valence-electron chi connectivity index (χ4n) is 1.25. The lowest BCUT2D eigenvalue weighted by Gasteiger charge is -2.00. The summed E-state index contributed by atoms with van der Waals surface area (Å²) >= 11 is 0. The van der Waals surface area contributed by atoms with Crippen molar-refractivity contribution < 1.29 is 14.7 Å². The van der Waals surface area contributed by atoms with E-state index in [0.29, 0.717) is 17.3 Å². The number of fused-ring (bicyclic) bond motifs is 1. The smallest absolute Gasteiger partial charge is 0.356 e. The zero-order valence-electron chi connectivity index (χ0n) is 7.54. The number of aromatic nitrogens is 2. The van der Waals surface area contributed by atoms with Crippen LogP contribution in [0.5, 0.6) is 0 Å². The monoisotopic (exact) mass is 202 g/mol. The Bertz CT molecular complexity index is 551. The molecule has 5 heteroatoms. The molecule has 0 aliphatic heterocycles. The first-order chi connectivity index (χ1) is 7.22. The van der Waals surface area contributed by atoms with Crippen molar-refractivity contribution in [3.63, 3.8) is 0 Å². The van der Waals surface area contributed by atoms with Gasteiger partial charge in [-0.2, -0.15) is 0 Å². The third-order valence-corrected chi connectivity index (χ3v) is 1.91. The SMILES string of the molecule is O=Cc1nc2ccccc2nc1C(=O)O. The van der Waals surface area contributed by atoms with Gasteiger partial charge in [0.05, 0.1) is 11.0 Å². The fraction of sp³-hybridized carbons (Fsp3) is 0. The highest BCUT2D eigenvalue weighted by atomic mass is 16.4. The number of benzene rings is 1. The van der Waals surface area contributed by atoms with Crippen LogP contribution in [0.15, 0.2) is 24.3 Å². The van der Waals surface area contributed by atoms with Gasteiger partial charge in [-0.05, 0) is 12.1 Å². The predicted molar refractivity (Wildman–Crippen MR) is 51.9 cm³/mol. The van der Waals surface area contributed by atoms with Crippen molar-refractivity contribution >= 4 is 23.3 Å². The number of carbonyl (C=O) groups excluding carboxylic acids is 1. The van der Waals surface area contributed by atoms with Gasteiger partial charge in [-0.1, -0.05) is 12.1 Å². The number of aldehydes is 1. The molecule has 1 N–H and O–H groups in total. The van der Waals surface area contributed by atoms with Gasteiger partial charge in [0, 0.05) is 0 Å². The summed E-state index contributed by atoms with van der Waals surface area (Å²) in [6.07, 6.45) is 0.392. The van der Waals surface area contributed by atoms with Gasteiger partial charge < -0.3 is 5.11 Å². The van der Waals surface area contributed by atoms with Crippen LogP contribution in [0.1, 0.15) is 21.0 Å².